The molecule has 2 atom stereocenters. The molecule has 0 unspecified atom stereocenters. The first-order valence-corrected chi connectivity index (χ1v) is 22.6. The van der Waals surface area contributed by atoms with Crippen molar-refractivity contribution in [2.45, 2.75) is 97.6 Å². The van der Waals surface area contributed by atoms with Gasteiger partial charge in [-0.05, 0) is 79.3 Å². The SMILES string of the molecule is CC(=O)N(C)CCNC(=O)[C@H](Cc1ccc(C(=O)OC(C)(C)C)cc1)NC(=O)OCc1ccccc1.CNCCNC(=O)[C@H](Cc1ccc(C(=O)O)c(C(C)(C)C)c1)NC(=O)OCc1ccccc1. The second-order valence-electron chi connectivity index (χ2n) is 18.2. The number of hydrogen-bond acceptors (Lipinski definition) is 11. The summed E-state index contributed by atoms with van der Waals surface area (Å²) in [5.74, 6) is -2.33. The van der Waals surface area contributed by atoms with Gasteiger partial charge in [0, 0.05) is 53.0 Å². The third-order valence-electron chi connectivity index (χ3n) is 10.2. The minimum atomic E-state index is -1.00. The number of carboxylic acids is 1. The van der Waals surface area contributed by atoms with E-state index in [0.717, 1.165) is 22.3 Å². The average Bonchev–Trinajstić information content (AvgIpc) is 3.30. The molecule has 4 aromatic carbocycles. The lowest BCUT2D eigenvalue weighted by Crippen LogP contribution is -2.49. The minimum absolute atomic E-state index is 0.0645. The molecular weight excluding hydrogens is 885 g/mol. The van der Waals surface area contributed by atoms with Crippen molar-refractivity contribution >= 4 is 41.8 Å². The van der Waals surface area contributed by atoms with E-state index in [0.29, 0.717) is 30.8 Å². The standard InChI is InChI=1S/C27H35N3O6.C25H33N3O5/c1-19(31)30(5)16-15-28-24(32)23(29-26(34)35-18-21-9-7-6-8-10-21)17-20-11-13-22(14-12-20)25(33)36-27(2,3)4;1-25(2,3)20-14-18(10-11-19(20)23(30)31)15-21(22(29)27-13-12-26-4)28-24(32)33-16-17-8-6-5-7-9-17/h6-14,23H,15-18H2,1-5H3,(H,28,32)(H,29,34);5-11,14,21,26H,12-13,15-16H2,1-4H3,(H,27,29)(H,28,32)(H,30,31)/t23-;21-/m00/s1. The van der Waals surface area contributed by atoms with Gasteiger partial charge in [0.1, 0.15) is 30.9 Å². The van der Waals surface area contributed by atoms with Crippen molar-refractivity contribution in [3.05, 3.63) is 142 Å². The van der Waals surface area contributed by atoms with Crippen LogP contribution in [0.25, 0.3) is 0 Å². The van der Waals surface area contributed by atoms with Gasteiger partial charge in [-0.2, -0.15) is 0 Å². The lowest BCUT2D eigenvalue weighted by atomic mass is 9.82. The first-order valence-electron chi connectivity index (χ1n) is 22.6. The van der Waals surface area contributed by atoms with E-state index in [1.807, 2.05) is 81.4 Å². The van der Waals surface area contributed by atoms with E-state index < -0.39 is 53.1 Å². The fourth-order valence-electron chi connectivity index (χ4n) is 6.40. The monoisotopic (exact) mass is 952 g/mol. The Balaban J connectivity index is 0.000000367. The van der Waals surface area contributed by atoms with Crippen LogP contribution in [-0.2, 0) is 60.1 Å². The van der Waals surface area contributed by atoms with Crippen molar-refractivity contribution in [1.29, 1.82) is 0 Å². The number of alkyl carbamates (subject to hydrolysis) is 2. The number of hydrogen-bond donors (Lipinski definition) is 6. The van der Waals surface area contributed by atoms with E-state index in [9.17, 15) is 38.7 Å². The largest absolute Gasteiger partial charge is 0.478 e. The van der Waals surface area contributed by atoms with E-state index in [1.165, 1.54) is 11.8 Å². The number of carboxylic acid groups (broad SMARTS) is 1. The Morgan fingerprint density at radius 2 is 1.10 bits per heavy atom. The van der Waals surface area contributed by atoms with Crippen molar-refractivity contribution < 1.29 is 52.9 Å². The molecule has 69 heavy (non-hydrogen) atoms. The highest BCUT2D eigenvalue weighted by Crippen LogP contribution is 2.28. The Hall–Kier alpha value is -7.27. The van der Waals surface area contributed by atoms with E-state index >= 15 is 0 Å². The summed E-state index contributed by atoms with van der Waals surface area (Å²) in [7, 11) is 3.41. The topological polar surface area (TPSA) is 231 Å². The maximum atomic E-state index is 12.9. The number of nitrogens with zero attached hydrogens (tertiary/aromatic N) is 1. The van der Waals surface area contributed by atoms with Gasteiger partial charge in [-0.1, -0.05) is 106 Å². The summed E-state index contributed by atoms with van der Waals surface area (Å²) in [6.45, 7) is 14.3. The van der Waals surface area contributed by atoms with Crippen LogP contribution in [0, 0.1) is 0 Å². The van der Waals surface area contributed by atoms with Gasteiger partial charge in [0.15, 0.2) is 0 Å². The summed E-state index contributed by atoms with van der Waals surface area (Å²) in [6, 6.07) is 28.3. The van der Waals surface area contributed by atoms with E-state index in [2.05, 4.69) is 26.6 Å². The lowest BCUT2D eigenvalue weighted by Gasteiger charge is -2.24. The molecule has 0 saturated heterocycles. The number of carbonyl (C=O) groups excluding carboxylic acids is 6. The molecule has 0 fully saturated rings. The fourth-order valence-corrected chi connectivity index (χ4v) is 6.40. The number of carbonyl (C=O) groups is 7. The van der Waals surface area contributed by atoms with Crippen LogP contribution >= 0.6 is 0 Å². The van der Waals surface area contributed by atoms with Crippen molar-refractivity contribution in [3.63, 3.8) is 0 Å². The highest BCUT2D eigenvalue weighted by Gasteiger charge is 2.27. The predicted molar refractivity (Wildman–Crippen MR) is 261 cm³/mol. The number of amides is 5. The van der Waals surface area contributed by atoms with Crippen molar-refractivity contribution in [2.24, 2.45) is 0 Å². The number of ether oxygens (including phenoxy) is 3. The van der Waals surface area contributed by atoms with Crippen LogP contribution in [0.1, 0.15) is 97.0 Å². The van der Waals surface area contributed by atoms with Crippen LogP contribution in [0.5, 0.6) is 0 Å². The highest BCUT2D eigenvalue weighted by molar-refractivity contribution is 5.91. The molecule has 0 aliphatic rings. The van der Waals surface area contributed by atoms with Gasteiger partial charge in [-0.15, -0.1) is 0 Å². The van der Waals surface area contributed by atoms with Gasteiger partial charge in [-0.25, -0.2) is 19.2 Å². The summed E-state index contributed by atoms with van der Waals surface area (Å²) < 4.78 is 15.9. The summed E-state index contributed by atoms with van der Waals surface area (Å²) in [5, 5.41) is 23.3. The van der Waals surface area contributed by atoms with Crippen molar-refractivity contribution in [1.82, 2.24) is 31.5 Å². The molecule has 0 aliphatic heterocycles. The number of nitrogens with one attached hydrogen (secondary N) is 5. The Morgan fingerprint density at radius 3 is 1.55 bits per heavy atom. The van der Waals surface area contributed by atoms with E-state index in [-0.39, 0.29) is 50.0 Å². The molecular formula is C52H68N6O11. The Morgan fingerprint density at radius 1 is 0.623 bits per heavy atom. The Bertz CT molecular complexity index is 2310. The van der Waals surface area contributed by atoms with Crippen molar-refractivity contribution in [3.8, 4) is 0 Å². The van der Waals surface area contributed by atoms with Gasteiger partial charge >= 0.3 is 24.1 Å². The second kappa shape index (κ2) is 27.5. The second-order valence-corrected chi connectivity index (χ2v) is 18.2. The molecule has 4 aromatic rings. The molecule has 17 heteroatoms. The normalized spacial score (nSPS) is 11.8. The molecule has 0 saturated carbocycles. The van der Waals surface area contributed by atoms with Gasteiger partial charge in [0.05, 0.1) is 11.1 Å². The van der Waals surface area contributed by atoms with Gasteiger partial charge in [0.25, 0.3) is 0 Å². The predicted octanol–water partition coefficient (Wildman–Crippen LogP) is 5.93. The molecule has 0 aliphatic carbocycles. The van der Waals surface area contributed by atoms with Gasteiger partial charge in [-0.3, -0.25) is 14.4 Å². The summed E-state index contributed by atoms with van der Waals surface area (Å²) in [5.41, 5.74) is 3.37. The van der Waals surface area contributed by atoms with Crippen LogP contribution < -0.4 is 26.6 Å². The van der Waals surface area contributed by atoms with Gasteiger partial charge in [0.2, 0.25) is 17.7 Å². The number of esters is 1. The molecule has 17 nitrogen and oxygen atoms in total. The zero-order valence-corrected chi connectivity index (χ0v) is 41.1. The number of rotatable bonds is 20. The van der Waals surface area contributed by atoms with Crippen LogP contribution in [0.15, 0.2) is 103 Å². The molecule has 372 valence electrons. The lowest BCUT2D eigenvalue weighted by molar-refractivity contribution is -0.128. The van der Waals surface area contributed by atoms with Crippen LogP contribution in [0.4, 0.5) is 9.59 Å². The van der Waals surface area contributed by atoms with Crippen LogP contribution in [-0.4, -0.2) is 110 Å². The number of likely N-dealkylation sites (N-methyl/N-ethyl adjacent to an activating group) is 2. The molecule has 0 aromatic heterocycles. The third-order valence-corrected chi connectivity index (χ3v) is 10.2. The first kappa shape index (κ1) is 56.1. The summed E-state index contributed by atoms with van der Waals surface area (Å²) in [6.07, 6.45) is -1.07. The Kier molecular flexibility index (Phi) is 22.4. The number of benzene rings is 4. The van der Waals surface area contributed by atoms with Gasteiger partial charge < -0.3 is 50.8 Å². The molecule has 0 spiro atoms. The number of aromatic carboxylic acids is 1. The van der Waals surface area contributed by atoms with Crippen LogP contribution in [0.2, 0.25) is 0 Å². The minimum Gasteiger partial charge on any atom is -0.478 e. The van der Waals surface area contributed by atoms with Crippen LogP contribution in [0.3, 0.4) is 0 Å². The molecule has 0 heterocycles. The van der Waals surface area contributed by atoms with Crippen molar-refractivity contribution in [2.75, 3.05) is 40.3 Å². The average molecular weight is 953 g/mol. The quantitative estimate of drug-likeness (QED) is 0.0344. The molecule has 4 rings (SSSR count). The molecule has 5 amide bonds. The molecule has 6 N–H and O–H groups in total. The Labute approximate surface area is 405 Å². The third kappa shape index (κ3) is 21.1. The smallest absolute Gasteiger partial charge is 0.408 e. The molecule has 0 bridgehead atoms. The maximum Gasteiger partial charge on any atom is 0.408 e. The first-order chi connectivity index (χ1) is 32.6. The van der Waals surface area contributed by atoms with E-state index in [4.69, 9.17) is 14.2 Å². The fraction of sp³-hybridized carbons (Fsp3) is 0.404. The highest BCUT2D eigenvalue weighted by atomic mass is 16.6. The zero-order chi connectivity index (χ0) is 51.1. The van der Waals surface area contributed by atoms with E-state index in [1.54, 1.807) is 77.3 Å². The zero-order valence-electron chi connectivity index (χ0n) is 41.1. The summed E-state index contributed by atoms with van der Waals surface area (Å²) >= 11 is 0. The maximum absolute atomic E-state index is 12.9. The summed E-state index contributed by atoms with van der Waals surface area (Å²) in [4.78, 5) is 87.3. The molecule has 0 radical (unpaired) electrons.